The molecule has 158 valence electrons. The van der Waals surface area contributed by atoms with Crippen molar-refractivity contribution < 1.29 is 9.59 Å². The zero-order valence-electron chi connectivity index (χ0n) is 17.7. The number of carbonyl (C=O) groups excluding carboxylic acids is 2. The number of benzene rings is 3. The molecule has 0 radical (unpaired) electrons. The summed E-state index contributed by atoms with van der Waals surface area (Å²) in [7, 11) is 0. The minimum Gasteiger partial charge on any atom is -0.346 e. The van der Waals surface area contributed by atoms with E-state index in [1.165, 1.54) is 0 Å². The summed E-state index contributed by atoms with van der Waals surface area (Å²) in [5.41, 5.74) is 5.47. The van der Waals surface area contributed by atoms with Crippen LogP contribution in [0.4, 0.5) is 5.69 Å². The molecule has 31 heavy (non-hydrogen) atoms. The highest BCUT2D eigenvalue weighted by atomic mass is 35.5. The van der Waals surface area contributed by atoms with E-state index in [1.54, 1.807) is 24.3 Å². The number of nitrogens with one attached hydrogen (secondary N) is 1. The highest BCUT2D eigenvalue weighted by molar-refractivity contribution is 6.30. The first-order valence-electron chi connectivity index (χ1n) is 10.5. The maximum Gasteiger partial charge on any atom is 0.258 e. The number of hydrogen-bond donors (Lipinski definition) is 1. The number of anilines is 1. The SMILES string of the molecule is Cc1cccc(C(=O)N2CCCc3cc(C(C)NC(=O)c4ccc(Cl)cc4)ccc32)c1. The van der Waals surface area contributed by atoms with Crippen molar-refractivity contribution in [1.82, 2.24) is 5.32 Å². The van der Waals surface area contributed by atoms with Gasteiger partial charge in [-0.05, 0) is 80.3 Å². The van der Waals surface area contributed by atoms with E-state index in [2.05, 4.69) is 11.4 Å². The monoisotopic (exact) mass is 432 g/mol. The lowest BCUT2D eigenvalue weighted by Crippen LogP contribution is -2.35. The van der Waals surface area contributed by atoms with Gasteiger partial charge in [0.1, 0.15) is 0 Å². The van der Waals surface area contributed by atoms with Crippen LogP contribution < -0.4 is 10.2 Å². The summed E-state index contributed by atoms with van der Waals surface area (Å²) in [6, 6.07) is 20.5. The minimum atomic E-state index is -0.156. The molecular weight excluding hydrogens is 408 g/mol. The molecule has 1 heterocycles. The molecule has 1 unspecified atom stereocenters. The molecule has 1 aliphatic heterocycles. The lowest BCUT2D eigenvalue weighted by atomic mass is 9.96. The third kappa shape index (κ3) is 4.64. The smallest absolute Gasteiger partial charge is 0.258 e. The number of amides is 2. The van der Waals surface area contributed by atoms with Crippen molar-refractivity contribution in [2.24, 2.45) is 0 Å². The Morgan fingerprint density at radius 2 is 1.77 bits per heavy atom. The van der Waals surface area contributed by atoms with E-state index in [4.69, 9.17) is 11.6 Å². The quantitative estimate of drug-likeness (QED) is 0.572. The first-order chi connectivity index (χ1) is 14.9. The Morgan fingerprint density at radius 3 is 2.52 bits per heavy atom. The number of halogens is 1. The van der Waals surface area contributed by atoms with Crippen LogP contribution in [0.25, 0.3) is 0 Å². The predicted molar refractivity (Wildman–Crippen MR) is 125 cm³/mol. The molecule has 3 aromatic carbocycles. The van der Waals surface area contributed by atoms with Gasteiger partial charge in [0.15, 0.2) is 0 Å². The van der Waals surface area contributed by atoms with Crippen LogP contribution in [0.3, 0.4) is 0 Å². The average molecular weight is 433 g/mol. The van der Waals surface area contributed by atoms with Gasteiger partial charge < -0.3 is 10.2 Å². The molecule has 1 atom stereocenters. The van der Waals surface area contributed by atoms with Crippen LogP contribution in [0.1, 0.15) is 56.8 Å². The van der Waals surface area contributed by atoms with E-state index < -0.39 is 0 Å². The fourth-order valence-electron chi connectivity index (χ4n) is 4.00. The van der Waals surface area contributed by atoms with Crippen molar-refractivity contribution in [3.8, 4) is 0 Å². The highest BCUT2D eigenvalue weighted by Gasteiger charge is 2.24. The fraction of sp³-hybridized carbons (Fsp3) is 0.231. The molecule has 1 N–H and O–H groups in total. The van der Waals surface area contributed by atoms with Crippen molar-refractivity contribution >= 4 is 29.1 Å². The van der Waals surface area contributed by atoms with Crippen LogP contribution in [0.2, 0.25) is 5.02 Å². The summed E-state index contributed by atoms with van der Waals surface area (Å²) in [4.78, 5) is 27.5. The van der Waals surface area contributed by atoms with Crippen molar-refractivity contribution in [2.45, 2.75) is 32.7 Å². The molecule has 4 nitrogen and oxygen atoms in total. The molecule has 0 aliphatic carbocycles. The van der Waals surface area contributed by atoms with E-state index >= 15 is 0 Å². The summed E-state index contributed by atoms with van der Waals surface area (Å²) in [5, 5.41) is 3.64. The van der Waals surface area contributed by atoms with Gasteiger partial charge in [-0.15, -0.1) is 0 Å². The first kappa shape index (κ1) is 21.1. The maximum atomic E-state index is 13.1. The van der Waals surface area contributed by atoms with Gasteiger partial charge in [-0.3, -0.25) is 9.59 Å². The molecule has 2 amide bonds. The Balaban J connectivity index is 1.53. The Hall–Kier alpha value is -3.11. The van der Waals surface area contributed by atoms with Crippen molar-refractivity contribution in [1.29, 1.82) is 0 Å². The number of hydrogen-bond acceptors (Lipinski definition) is 2. The van der Waals surface area contributed by atoms with Crippen LogP contribution in [-0.4, -0.2) is 18.4 Å². The largest absolute Gasteiger partial charge is 0.346 e. The third-order valence-electron chi connectivity index (χ3n) is 5.69. The summed E-state index contributed by atoms with van der Waals surface area (Å²) < 4.78 is 0. The topological polar surface area (TPSA) is 49.4 Å². The summed E-state index contributed by atoms with van der Waals surface area (Å²) in [6.45, 7) is 4.67. The van der Waals surface area contributed by atoms with Crippen LogP contribution in [0, 0.1) is 6.92 Å². The second kappa shape index (κ2) is 8.94. The van der Waals surface area contributed by atoms with Gasteiger partial charge in [-0.2, -0.15) is 0 Å². The average Bonchev–Trinajstić information content (AvgIpc) is 2.78. The Morgan fingerprint density at radius 1 is 1.00 bits per heavy atom. The molecule has 0 fully saturated rings. The number of aryl methyl sites for hydroxylation is 2. The van der Waals surface area contributed by atoms with E-state index in [0.717, 1.165) is 35.2 Å². The zero-order chi connectivity index (χ0) is 22.0. The van der Waals surface area contributed by atoms with Gasteiger partial charge in [-0.1, -0.05) is 41.4 Å². The molecule has 0 saturated carbocycles. The van der Waals surface area contributed by atoms with Gasteiger partial charge >= 0.3 is 0 Å². The molecule has 0 aromatic heterocycles. The summed E-state index contributed by atoms with van der Waals surface area (Å²) in [5.74, 6) is -0.111. The normalized spacial score (nSPS) is 14.0. The zero-order valence-corrected chi connectivity index (χ0v) is 18.4. The van der Waals surface area contributed by atoms with Crippen LogP contribution in [-0.2, 0) is 6.42 Å². The molecule has 0 spiro atoms. The van der Waals surface area contributed by atoms with Crippen molar-refractivity contribution in [2.75, 3.05) is 11.4 Å². The fourth-order valence-corrected chi connectivity index (χ4v) is 4.12. The third-order valence-corrected chi connectivity index (χ3v) is 5.94. The van der Waals surface area contributed by atoms with E-state index in [1.807, 2.05) is 55.1 Å². The van der Waals surface area contributed by atoms with Gasteiger partial charge in [0.25, 0.3) is 11.8 Å². The van der Waals surface area contributed by atoms with Crippen LogP contribution in [0.5, 0.6) is 0 Å². The number of rotatable bonds is 4. The molecule has 0 saturated heterocycles. The van der Waals surface area contributed by atoms with Crippen LogP contribution in [0.15, 0.2) is 66.7 Å². The van der Waals surface area contributed by atoms with Gasteiger partial charge in [-0.25, -0.2) is 0 Å². The second-order valence-electron chi connectivity index (χ2n) is 8.02. The van der Waals surface area contributed by atoms with E-state index in [-0.39, 0.29) is 17.9 Å². The van der Waals surface area contributed by atoms with Gasteiger partial charge in [0.2, 0.25) is 0 Å². The van der Waals surface area contributed by atoms with Crippen molar-refractivity contribution in [3.05, 3.63) is 99.6 Å². The predicted octanol–water partition coefficient (Wildman–Crippen LogP) is 5.73. The van der Waals surface area contributed by atoms with E-state index in [9.17, 15) is 9.59 Å². The van der Waals surface area contributed by atoms with Crippen LogP contribution >= 0.6 is 11.6 Å². The summed E-state index contributed by atoms with van der Waals surface area (Å²) >= 11 is 5.91. The lowest BCUT2D eigenvalue weighted by molar-refractivity contribution is 0.0938. The number of nitrogens with zero attached hydrogens (tertiary/aromatic N) is 1. The molecule has 0 bridgehead atoms. The molecule has 1 aliphatic rings. The van der Waals surface area contributed by atoms with Gasteiger partial charge in [0.05, 0.1) is 6.04 Å². The molecular formula is C26H25ClN2O2. The van der Waals surface area contributed by atoms with Gasteiger partial charge in [0, 0.05) is 28.4 Å². The number of carbonyl (C=O) groups is 2. The van der Waals surface area contributed by atoms with Crippen molar-refractivity contribution in [3.63, 3.8) is 0 Å². The first-order valence-corrected chi connectivity index (χ1v) is 10.9. The Bertz CT molecular complexity index is 1120. The second-order valence-corrected chi connectivity index (χ2v) is 8.46. The number of fused-ring (bicyclic) bond motifs is 1. The molecule has 5 heteroatoms. The standard InChI is InChI=1S/C26H25ClN2O2/c1-17-5-3-6-22(15-17)26(31)29-14-4-7-21-16-20(10-13-24(21)29)18(2)28-25(30)19-8-11-23(27)12-9-19/h3,5-6,8-13,15-16,18H,4,7,14H2,1-2H3,(H,28,30). The maximum absolute atomic E-state index is 13.1. The lowest BCUT2D eigenvalue weighted by Gasteiger charge is -2.30. The Kier molecular flexibility index (Phi) is 6.10. The van der Waals surface area contributed by atoms with E-state index in [0.29, 0.717) is 22.7 Å². The summed E-state index contributed by atoms with van der Waals surface area (Å²) in [6.07, 6.45) is 1.83. The molecule has 4 rings (SSSR count). The molecule has 3 aromatic rings. The Labute approximate surface area is 187 Å². The minimum absolute atomic E-state index is 0.0292. The highest BCUT2D eigenvalue weighted by Crippen LogP contribution is 2.31.